The molecular weight excluding hydrogens is 460 g/mol. The molecule has 0 bridgehead atoms. The summed E-state index contributed by atoms with van der Waals surface area (Å²) in [4.78, 5) is 36.2. The first kappa shape index (κ1) is 34.3. The molecular formula is C28H54N2O6. The number of aliphatic hydroxyl groups is 1. The lowest BCUT2D eigenvalue weighted by molar-refractivity contribution is -0.137. The second kappa shape index (κ2) is 22.5. The SMILES string of the molecule is CCCCCCCCCCCCCCCCCC(=O)N(CCO)CC(N)(CCC(=O)O)CCC(=O)O. The molecule has 0 unspecified atom stereocenters. The van der Waals surface area contributed by atoms with Gasteiger partial charge >= 0.3 is 11.9 Å². The van der Waals surface area contributed by atoms with E-state index in [1.165, 1.54) is 81.9 Å². The highest BCUT2D eigenvalue weighted by atomic mass is 16.4. The number of carboxylic acid groups (broad SMARTS) is 2. The van der Waals surface area contributed by atoms with Gasteiger partial charge in [-0.3, -0.25) is 14.4 Å². The number of nitrogens with zero attached hydrogens (tertiary/aromatic N) is 1. The van der Waals surface area contributed by atoms with Gasteiger partial charge in [0, 0.05) is 37.9 Å². The Morgan fingerprint density at radius 3 is 1.42 bits per heavy atom. The van der Waals surface area contributed by atoms with Gasteiger partial charge in [-0.05, 0) is 19.3 Å². The third-order valence-electron chi connectivity index (χ3n) is 6.90. The Morgan fingerprint density at radius 1 is 0.667 bits per heavy atom. The lowest BCUT2D eigenvalue weighted by Crippen LogP contribution is -2.53. The maximum Gasteiger partial charge on any atom is 0.303 e. The maximum atomic E-state index is 12.7. The molecule has 0 rings (SSSR count). The number of hydrogen-bond donors (Lipinski definition) is 4. The second-order valence-corrected chi connectivity index (χ2v) is 10.4. The quantitative estimate of drug-likeness (QED) is 0.112. The molecule has 1 amide bonds. The minimum atomic E-state index is -1.11. The number of aliphatic hydroxyl groups excluding tert-OH is 1. The van der Waals surface area contributed by atoms with E-state index >= 15 is 0 Å². The number of unbranched alkanes of at least 4 members (excludes halogenated alkanes) is 14. The Bertz CT molecular complexity index is 566. The molecule has 36 heavy (non-hydrogen) atoms. The van der Waals surface area contributed by atoms with Crippen LogP contribution in [0.1, 0.15) is 135 Å². The summed E-state index contributed by atoms with van der Waals surface area (Å²) < 4.78 is 0. The largest absolute Gasteiger partial charge is 0.481 e. The average molecular weight is 515 g/mol. The maximum absolute atomic E-state index is 12.7. The van der Waals surface area contributed by atoms with Crippen molar-refractivity contribution in [3.05, 3.63) is 0 Å². The van der Waals surface area contributed by atoms with Crippen LogP contribution < -0.4 is 5.73 Å². The molecule has 8 nitrogen and oxygen atoms in total. The van der Waals surface area contributed by atoms with Crippen LogP contribution in [0.5, 0.6) is 0 Å². The number of carbonyl (C=O) groups is 3. The van der Waals surface area contributed by atoms with E-state index in [1.54, 1.807) is 0 Å². The van der Waals surface area contributed by atoms with Crippen molar-refractivity contribution in [3.63, 3.8) is 0 Å². The first-order chi connectivity index (χ1) is 17.2. The molecule has 0 fully saturated rings. The summed E-state index contributed by atoms with van der Waals surface area (Å²) in [6.45, 7) is 2.18. The summed E-state index contributed by atoms with van der Waals surface area (Å²) in [5.41, 5.74) is 5.23. The van der Waals surface area contributed by atoms with Crippen LogP contribution in [0, 0.1) is 0 Å². The number of hydrogen-bond acceptors (Lipinski definition) is 5. The first-order valence-corrected chi connectivity index (χ1v) is 14.3. The number of nitrogens with two attached hydrogens (primary N) is 1. The summed E-state index contributed by atoms with van der Waals surface area (Å²) in [6, 6.07) is 0. The molecule has 0 atom stereocenters. The predicted molar refractivity (Wildman–Crippen MR) is 144 cm³/mol. The van der Waals surface area contributed by atoms with Gasteiger partial charge in [0.05, 0.1) is 6.61 Å². The number of carbonyl (C=O) groups excluding carboxylic acids is 1. The summed E-state index contributed by atoms with van der Waals surface area (Å²) in [5.74, 6) is -2.16. The molecule has 0 aromatic rings. The van der Waals surface area contributed by atoms with Gasteiger partial charge in [0.1, 0.15) is 0 Å². The topological polar surface area (TPSA) is 141 Å². The highest BCUT2D eigenvalue weighted by Crippen LogP contribution is 2.20. The minimum absolute atomic E-state index is 0.0473. The van der Waals surface area contributed by atoms with Crippen LogP contribution in [0.15, 0.2) is 0 Å². The zero-order chi connectivity index (χ0) is 27.1. The predicted octanol–water partition coefficient (Wildman–Crippen LogP) is 5.50. The van der Waals surface area contributed by atoms with Crippen LogP contribution in [0.3, 0.4) is 0 Å². The summed E-state index contributed by atoms with van der Waals surface area (Å²) in [6.07, 6.45) is 18.8. The molecule has 0 spiro atoms. The van der Waals surface area contributed by atoms with Crippen molar-refractivity contribution < 1.29 is 29.7 Å². The van der Waals surface area contributed by atoms with Gasteiger partial charge < -0.3 is 26.0 Å². The van der Waals surface area contributed by atoms with Gasteiger partial charge in [-0.1, -0.05) is 96.8 Å². The molecule has 0 saturated carbocycles. The Kier molecular flexibility index (Phi) is 21.5. The van der Waals surface area contributed by atoms with Crippen molar-refractivity contribution >= 4 is 17.8 Å². The van der Waals surface area contributed by atoms with Crippen LogP contribution in [0.25, 0.3) is 0 Å². The van der Waals surface area contributed by atoms with Crippen molar-refractivity contribution in [3.8, 4) is 0 Å². The van der Waals surface area contributed by atoms with Crippen molar-refractivity contribution in [2.24, 2.45) is 5.73 Å². The number of carboxylic acids is 2. The number of aliphatic carboxylic acids is 2. The Hall–Kier alpha value is -1.67. The van der Waals surface area contributed by atoms with Crippen LogP contribution in [0.2, 0.25) is 0 Å². The third-order valence-corrected chi connectivity index (χ3v) is 6.90. The summed E-state index contributed by atoms with van der Waals surface area (Å²) in [5, 5.41) is 27.4. The molecule has 0 aromatic carbocycles. The second-order valence-electron chi connectivity index (χ2n) is 10.4. The standard InChI is InChI=1S/C28H54N2O6/c1-2-3-4-5-6-7-8-9-10-11-12-13-14-15-16-17-25(32)30(22-23-31)24-28(29,20-18-26(33)34)21-19-27(35)36/h31H,2-24,29H2,1H3,(H,33,34)(H,35,36). The first-order valence-electron chi connectivity index (χ1n) is 14.3. The molecule has 0 radical (unpaired) electrons. The normalized spacial score (nSPS) is 11.5. The smallest absolute Gasteiger partial charge is 0.303 e. The van der Waals surface area contributed by atoms with Gasteiger partial charge in [0.2, 0.25) is 5.91 Å². The van der Waals surface area contributed by atoms with Gasteiger partial charge in [-0.2, -0.15) is 0 Å². The van der Waals surface area contributed by atoms with E-state index in [-0.39, 0.29) is 51.3 Å². The fraction of sp³-hybridized carbons (Fsp3) is 0.893. The summed E-state index contributed by atoms with van der Waals surface area (Å²) >= 11 is 0. The molecule has 0 saturated heterocycles. The third kappa shape index (κ3) is 20.5. The molecule has 212 valence electrons. The minimum Gasteiger partial charge on any atom is -0.481 e. The van der Waals surface area contributed by atoms with E-state index in [2.05, 4.69) is 6.92 Å². The molecule has 0 aromatic heterocycles. The van der Waals surface area contributed by atoms with Crippen molar-refractivity contribution in [2.75, 3.05) is 19.7 Å². The molecule has 0 heterocycles. The highest BCUT2D eigenvalue weighted by Gasteiger charge is 2.31. The zero-order valence-electron chi connectivity index (χ0n) is 22.9. The average Bonchev–Trinajstić information content (AvgIpc) is 2.83. The number of amides is 1. The Balaban J connectivity index is 4.12. The van der Waals surface area contributed by atoms with Crippen LogP contribution in [0.4, 0.5) is 0 Å². The van der Waals surface area contributed by atoms with Crippen LogP contribution in [-0.4, -0.2) is 63.3 Å². The van der Waals surface area contributed by atoms with Gasteiger partial charge in [0.25, 0.3) is 0 Å². The van der Waals surface area contributed by atoms with Crippen molar-refractivity contribution in [2.45, 2.75) is 141 Å². The van der Waals surface area contributed by atoms with E-state index in [0.29, 0.717) is 6.42 Å². The highest BCUT2D eigenvalue weighted by molar-refractivity contribution is 5.76. The fourth-order valence-corrected chi connectivity index (χ4v) is 4.59. The molecule has 0 aliphatic carbocycles. The monoisotopic (exact) mass is 514 g/mol. The van der Waals surface area contributed by atoms with E-state index < -0.39 is 17.5 Å². The van der Waals surface area contributed by atoms with Crippen molar-refractivity contribution in [1.82, 2.24) is 4.90 Å². The molecule has 0 aliphatic rings. The Morgan fingerprint density at radius 2 is 1.06 bits per heavy atom. The van der Waals surface area contributed by atoms with E-state index in [9.17, 15) is 19.5 Å². The lowest BCUT2D eigenvalue weighted by atomic mass is 9.88. The van der Waals surface area contributed by atoms with Crippen LogP contribution >= 0.6 is 0 Å². The lowest BCUT2D eigenvalue weighted by Gasteiger charge is -2.35. The van der Waals surface area contributed by atoms with E-state index in [1.807, 2.05) is 0 Å². The van der Waals surface area contributed by atoms with E-state index in [4.69, 9.17) is 15.9 Å². The van der Waals surface area contributed by atoms with Crippen LogP contribution in [-0.2, 0) is 14.4 Å². The van der Waals surface area contributed by atoms with E-state index in [0.717, 1.165) is 19.3 Å². The number of rotatable bonds is 26. The Labute approximate surface area is 219 Å². The zero-order valence-corrected chi connectivity index (χ0v) is 22.9. The van der Waals surface area contributed by atoms with Gasteiger partial charge in [-0.25, -0.2) is 0 Å². The van der Waals surface area contributed by atoms with Gasteiger partial charge in [0.15, 0.2) is 0 Å². The molecule has 0 aliphatic heterocycles. The summed E-state index contributed by atoms with van der Waals surface area (Å²) in [7, 11) is 0. The van der Waals surface area contributed by atoms with Crippen molar-refractivity contribution in [1.29, 1.82) is 0 Å². The van der Waals surface area contributed by atoms with Gasteiger partial charge in [-0.15, -0.1) is 0 Å². The molecule has 5 N–H and O–H groups in total. The molecule has 8 heteroatoms. The fourth-order valence-electron chi connectivity index (χ4n) is 4.59.